The number of rotatable bonds is 5. The summed E-state index contributed by atoms with van der Waals surface area (Å²) in [7, 11) is -2.06. The lowest BCUT2D eigenvalue weighted by molar-refractivity contribution is -0.147. The SMILES string of the molecule is COc1ccc(S(=O)(=O)N2CCC3(CC2)CN(C(=O)C(C)c2cc(F)cc(F)c2)C3)cc1. The van der Waals surface area contributed by atoms with Gasteiger partial charge in [-0.05, 0) is 61.7 Å². The van der Waals surface area contributed by atoms with Crippen molar-refractivity contribution in [2.24, 2.45) is 5.41 Å². The summed E-state index contributed by atoms with van der Waals surface area (Å²) < 4.78 is 59.5. The highest BCUT2D eigenvalue weighted by Gasteiger charge is 2.48. The van der Waals surface area contributed by atoms with Crippen LogP contribution in [0.4, 0.5) is 8.78 Å². The van der Waals surface area contributed by atoms with Crippen LogP contribution < -0.4 is 4.74 Å². The standard InChI is InChI=1S/C23H26F2N2O4S/c1-16(17-11-18(24)13-19(25)12-17)22(28)26-14-23(15-26)7-9-27(10-8-23)32(29,30)21-5-3-20(31-2)4-6-21/h3-6,11-13,16H,7-10,14-15H2,1-2H3. The number of carbonyl (C=O) groups is 1. The van der Waals surface area contributed by atoms with Gasteiger partial charge in [0.1, 0.15) is 17.4 Å². The van der Waals surface area contributed by atoms with Gasteiger partial charge < -0.3 is 9.64 Å². The Morgan fingerprint density at radius 1 is 1.03 bits per heavy atom. The Morgan fingerprint density at radius 3 is 2.12 bits per heavy atom. The molecular weight excluding hydrogens is 438 g/mol. The van der Waals surface area contributed by atoms with E-state index in [2.05, 4.69) is 0 Å². The van der Waals surface area contributed by atoms with Crippen molar-refractivity contribution in [2.45, 2.75) is 30.6 Å². The van der Waals surface area contributed by atoms with E-state index in [1.807, 2.05) is 0 Å². The largest absolute Gasteiger partial charge is 0.497 e. The van der Waals surface area contributed by atoms with E-state index in [1.165, 1.54) is 23.5 Å². The van der Waals surface area contributed by atoms with Crippen LogP contribution in [0.25, 0.3) is 0 Å². The van der Waals surface area contributed by atoms with Crippen LogP contribution in [-0.4, -0.2) is 56.8 Å². The van der Waals surface area contributed by atoms with Crippen molar-refractivity contribution in [3.05, 3.63) is 59.7 Å². The highest BCUT2D eigenvalue weighted by molar-refractivity contribution is 7.89. The number of ether oxygens (including phenoxy) is 1. The van der Waals surface area contributed by atoms with Crippen molar-refractivity contribution in [3.8, 4) is 5.75 Å². The topological polar surface area (TPSA) is 66.9 Å². The third-order valence-corrected chi connectivity index (χ3v) is 8.51. The van der Waals surface area contributed by atoms with Crippen LogP contribution in [0.15, 0.2) is 47.4 Å². The number of hydrogen-bond donors (Lipinski definition) is 0. The Bertz CT molecular complexity index is 1090. The summed E-state index contributed by atoms with van der Waals surface area (Å²) >= 11 is 0. The van der Waals surface area contributed by atoms with Gasteiger partial charge >= 0.3 is 0 Å². The molecule has 2 saturated heterocycles. The molecule has 0 N–H and O–H groups in total. The quantitative estimate of drug-likeness (QED) is 0.681. The summed E-state index contributed by atoms with van der Waals surface area (Å²) in [4.78, 5) is 14.7. The van der Waals surface area contributed by atoms with E-state index in [1.54, 1.807) is 36.1 Å². The molecule has 2 aromatic carbocycles. The second-order valence-corrected chi connectivity index (χ2v) is 10.6. The van der Waals surface area contributed by atoms with Gasteiger partial charge in [0.2, 0.25) is 15.9 Å². The maximum Gasteiger partial charge on any atom is 0.243 e. The van der Waals surface area contributed by atoms with Crippen molar-refractivity contribution in [1.29, 1.82) is 0 Å². The average molecular weight is 465 g/mol. The maximum atomic E-state index is 13.5. The molecule has 0 aromatic heterocycles. The lowest BCUT2D eigenvalue weighted by atomic mass is 9.72. The molecule has 9 heteroatoms. The Morgan fingerprint density at radius 2 is 1.59 bits per heavy atom. The molecule has 32 heavy (non-hydrogen) atoms. The summed E-state index contributed by atoms with van der Waals surface area (Å²) in [5.41, 5.74) is 0.211. The van der Waals surface area contributed by atoms with Crippen molar-refractivity contribution in [1.82, 2.24) is 9.21 Å². The number of piperidine rings is 1. The number of benzene rings is 2. The Balaban J connectivity index is 1.35. The summed E-state index contributed by atoms with van der Waals surface area (Å²) in [6, 6.07) is 9.48. The van der Waals surface area contributed by atoms with Gasteiger partial charge in [0, 0.05) is 37.7 Å². The summed E-state index contributed by atoms with van der Waals surface area (Å²) in [6.07, 6.45) is 1.32. The molecule has 0 radical (unpaired) electrons. The normalized spacial score (nSPS) is 19.4. The molecule has 6 nitrogen and oxygen atoms in total. The zero-order chi connectivity index (χ0) is 23.1. The molecule has 1 atom stereocenters. The Hall–Kier alpha value is -2.52. The van der Waals surface area contributed by atoms with Crippen molar-refractivity contribution >= 4 is 15.9 Å². The fraction of sp³-hybridized carbons (Fsp3) is 0.435. The molecule has 4 rings (SSSR count). The summed E-state index contributed by atoms with van der Waals surface area (Å²) in [5, 5.41) is 0. The zero-order valence-corrected chi connectivity index (χ0v) is 18.9. The van der Waals surface area contributed by atoms with Gasteiger partial charge in [-0.1, -0.05) is 0 Å². The number of carbonyl (C=O) groups excluding carboxylic acids is 1. The maximum absolute atomic E-state index is 13.5. The number of amides is 1. The predicted molar refractivity (Wildman–Crippen MR) is 115 cm³/mol. The number of likely N-dealkylation sites (tertiary alicyclic amines) is 1. The molecule has 2 aromatic rings. The molecular formula is C23H26F2N2O4S. The van der Waals surface area contributed by atoms with Gasteiger partial charge in [0.25, 0.3) is 0 Å². The molecule has 172 valence electrons. The molecule has 2 aliphatic rings. The van der Waals surface area contributed by atoms with Crippen molar-refractivity contribution in [3.63, 3.8) is 0 Å². The number of hydrogen-bond acceptors (Lipinski definition) is 4. The van der Waals surface area contributed by atoms with Gasteiger partial charge in [-0.3, -0.25) is 4.79 Å². The van der Waals surface area contributed by atoms with Crippen LogP contribution in [0.1, 0.15) is 31.2 Å². The van der Waals surface area contributed by atoms with Crippen LogP contribution in [0.5, 0.6) is 5.75 Å². The Labute approximate surface area is 186 Å². The molecule has 2 fully saturated rings. The number of methoxy groups -OCH3 is 1. The molecule has 0 aliphatic carbocycles. The van der Waals surface area contributed by atoms with Crippen LogP contribution in [0.3, 0.4) is 0 Å². The number of halogens is 2. The summed E-state index contributed by atoms with van der Waals surface area (Å²) in [6.45, 7) is 3.49. The van der Waals surface area contributed by atoms with Gasteiger partial charge in [-0.15, -0.1) is 0 Å². The molecule has 0 bridgehead atoms. The fourth-order valence-corrected chi connectivity index (χ4v) is 6.02. The van der Waals surface area contributed by atoms with E-state index in [0.29, 0.717) is 50.3 Å². The smallest absolute Gasteiger partial charge is 0.243 e. The molecule has 2 aliphatic heterocycles. The number of sulfonamides is 1. The van der Waals surface area contributed by atoms with Crippen LogP contribution in [-0.2, 0) is 14.8 Å². The van der Waals surface area contributed by atoms with Gasteiger partial charge in [0.15, 0.2) is 0 Å². The minimum absolute atomic E-state index is 0.103. The third kappa shape index (κ3) is 4.23. The molecule has 2 heterocycles. The van der Waals surface area contributed by atoms with Crippen molar-refractivity contribution < 1.29 is 26.7 Å². The lowest BCUT2D eigenvalue weighted by Gasteiger charge is -2.54. The molecule has 1 amide bonds. The first-order chi connectivity index (χ1) is 15.1. The van der Waals surface area contributed by atoms with Gasteiger partial charge in [-0.2, -0.15) is 4.31 Å². The highest BCUT2D eigenvalue weighted by atomic mass is 32.2. The lowest BCUT2D eigenvalue weighted by Crippen LogP contribution is -2.62. The molecule has 1 spiro atoms. The first-order valence-electron chi connectivity index (χ1n) is 10.5. The minimum atomic E-state index is -3.58. The van der Waals surface area contributed by atoms with Crippen molar-refractivity contribution in [2.75, 3.05) is 33.3 Å². The average Bonchev–Trinajstić information content (AvgIpc) is 2.76. The van der Waals surface area contributed by atoms with E-state index < -0.39 is 27.6 Å². The van der Waals surface area contributed by atoms with E-state index in [9.17, 15) is 22.0 Å². The predicted octanol–water partition coefficient (Wildman–Crippen LogP) is 3.39. The van der Waals surface area contributed by atoms with E-state index in [4.69, 9.17) is 4.74 Å². The second-order valence-electron chi connectivity index (χ2n) is 8.70. The highest BCUT2D eigenvalue weighted by Crippen LogP contribution is 2.42. The van der Waals surface area contributed by atoms with Crippen LogP contribution in [0.2, 0.25) is 0 Å². The van der Waals surface area contributed by atoms with Crippen LogP contribution in [0, 0.1) is 17.0 Å². The van der Waals surface area contributed by atoms with Gasteiger partial charge in [-0.25, -0.2) is 17.2 Å². The first kappa shape index (κ1) is 22.7. The van der Waals surface area contributed by atoms with E-state index >= 15 is 0 Å². The first-order valence-corrected chi connectivity index (χ1v) is 12.0. The van der Waals surface area contributed by atoms with E-state index in [0.717, 1.165) is 6.07 Å². The number of nitrogens with zero attached hydrogens (tertiary/aromatic N) is 2. The monoisotopic (exact) mass is 464 g/mol. The molecule has 1 unspecified atom stereocenters. The second kappa shape index (κ2) is 8.44. The minimum Gasteiger partial charge on any atom is -0.497 e. The van der Waals surface area contributed by atoms with Gasteiger partial charge in [0.05, 0.1) is 17.9 Å². The molecule has 0 saturated carbocycles. The zero-order valence-electron chi connectivity index (χ0n) is 18.1. The Kier molecular flexibility index (Phi) is 5.98. The third-order valence-electron chi connectivity index (χ3n) is 6.60. The summed E-state index contributed by atoms with van der Waals surface area (Å²) in [5.74, 6) is -1.63. The van der Waals surface area contributed by atoms with E-state index in [-0.39, 0.29) is 16.2 Å². The van der Waals surface area contributed by atoms with Crippen LogP contribution >= 0.6 is 0 Å². The fourth-order valence-electron chi connectivity index (χ4n) is 4.57.